The number of halogens is 1. The highest BCUT2D eigenvalue weighted by molar-refractivity contribution is 6.29. The molecule has 4 nitrogen and oxygen atoms in total. The van der Waals surface area contributed by atoms with Gasteiger partial charge in [-0.2, -0.15) is 0 Å². The van der Waals surface area contributed by atoms with E-state index in [4.69, 9.17) is 22.1 Å². The van der Waals surface area contributed by atoms with E-state index in [9.17, 15) is 0 Å². The van der Waals surface area contributed by atoms with E-state index in [-0.39, 0.29) is 0 Å². The number of ether oxygens (including phenoxy) is 1. The molecular formula is C11H16ClN3O. The van der Waals surface area contributed by atoms with Gasteiger partial charge in [-0.15, -0.1) is 0 Å². The molecule has 16 heavy (non-hydrogen) atoms. The fraction of sp³-hybridized carbons (Fsp3) is 0.545. The summed E-state index contributed by atoms with van der Waals surface area (Å²) in [6.45, 7) is 4.45. The van der Waals surface area contributed by atoms with Gasteiger partial charge in [0, 0.05) is 18.3 Å². The molecule has 0 radical (unpaired) electrons. The first kappa shape index (κ1) is 11.5. The summed E-state index contributed by atoms with van der Waals surface area (Å²) in [5, 5.41) is 0.441. The molecule has 1 aliphatic rings. The predicted octanol–water partition coefficient (Wildman–Crippen LogP) is 1.93. The molecule has 0 amide bonds. The minimum absolute atomic E-state index is 0.360. The van der Waals surface area contributed by atoms with Gasteiger partial charge in [-0.1, -0.05) is 18.5 Å². The van der Waals surface area contributed by atoms with Crippen molar-refractivity contribution in [1.82, 2.24) is 4.98 Å². The van der Waals surface area contributed by atoms with Crippen LogP contribution in [0.25, 0.3) is 0 Å². The van der Waals surface area contributed by atoms with Crippen LogP contribution in [-0.2, 0) is 4.74 Å². The van der Waals surface area contributed by atoms with Gasteiger partial charge in [-0.3, -0.25) is 0 Å². The molecule has 1 aromatic heterocycles. The van der Waals surface area contributed by atoms with Crippen molar-refractivity contribution in [2.24, 2.45) is 0 Å². The number of anilines is 2. The Morgan fingerprint density at radius 2 is 2.44 bits per heavy atom. The summed E-state index contributed by atoms with van der Waals surface area (Å²) < 4.78 is 5.45. The maximum Gasteiger partial charge on any atom is 0.133 e. The Hall–Kier alpha value is -1.00. The van der Waals surface area contributed by atoms with E-state index < -0.39 is 0 Å². The first-order valence-electron chi connectivity index (χ1n) is 5.48. The van der Waals surface area contributed by atoms with Crippen LogP contribution >= 0.6 is 11.6 Å². The van der Waals surface area contributed by atoms with Gasteiger partial charge >= 0.3 is 0 Å². The van der Waals surface area contributed by atoms with Crippen molar-refractivity contribution < 1.29 is 4.74 Å². The van der Waals surface area contributed by atoms with E-state index >= 15 is 0 Å². The maximum atomic E-state index is 5.91. The second-order valence-corrected chi connectivity index (χ2v) is 4.30. The lowest BCUT2D eigenvalue weighted by Crippen LogP contribution is -2.45. The Kier molecular flexibility index (Phi) is 3.51. The fourth-order valence-corrected chi connectivity index (χ4v) is 2.16. The van der Waals surface area contributed by atoms with Crippen LogP contribution in [0.2, 0.25) is 5.15 Å². The summed E-state index contributed by atoms with van der Waals surface area (Å²) >= 11 is 5.91. The van der Waals surface area contributed by atoms with Crippen molar-refractivity contribution in [3.05, 3.63) is 17.3 Å². The van der Waals surface area contributed by atoms with Gasteiger partial charge < -0.3 is 15.4 Å². The molecule has 0 bridgehead atoms. The van der Waals surface area contributed by atoms with Gasteiger partial charge in [0.25, 0.3) is 0 Å². The van der Waals surface area contributed by atoms with Crippen LogP contribution in [0.4, 0.5) is 11.5 Å². The molecule has 0 saturated carbocycles. The number of morpholine rings is 1. The van der Waals surface area contributed by atoms with Crippen molar-refractivity contribution in [3.8, 4) is 0 Å². The normalized spacial score (nSPS) is 21.1. The zero-order chi connectivity index (χ0) is 11.5. The van der Waals surface area contributed by atoms with Gasteiger partial charge in [0.15, 0.2) is 0 Å². The first-order valence-corrected chi connectivity index (χ1v) is 5.86. The van der Waals surface area contributed by atoms with Gasteiger partial charge in [0.2, 0.25) is 0 Å². The molecule has 0 spiro atoms. The zero-order valence-corrected chi connectivity index (χ0v) is 10.1. The molecule has 2 rings (SSSR count). The van der Waals surface area contributed by atoms with Gasteiger partial charge in [-0.05, 0) is 12.5 Å². The first-order chi connectivity index (χ1) is 7.70. The van der Waals surface area contributed by atoms with E-state index in [2.05, 4.69) is 16.8 Å². The zero-order valence-electron chi connectivity index (χ0n) is 9.32. The largest absolute Gasteiger partial charge is 0.399 e. The summed E-state index contributed by atoms with van der Waals surface area (Å²) in [7, 11) is 0. The van der Waals surface area contributed by atoms with Gasteiger partial charge in [0.1, 0.15) is 11.0 Å². The standard InChI is InChI=1S/C11H16ClN3O/c1-2-9-7-16-4-3-15(9)11-6-8(13)5-10(12)14-11/h5-6,9H,2-4,7H2,1H3,(H2,13,14). The van der Waals surface area contributed by atoms with Crippen molar-refractivity contribution in [2.45, 2.75) is 19.4 Å². The number of nitrogen functional groups attached to an aromatic ring is 1. The molecule has 0 aliphatic carbocycles. The smallest absolute Gasteiger partial charge is 0.133 e. The Labute approximate surface area is 100 Å². The molecule has 0 aromatic carbocycles. The van der Waals surface area contributed by atoms with Crippen LogP contribution in [-0.4, -0.2) is 30.8 Å². The highest BCUT2D eigenvalue weighted by atomic mass is 35.5. The molecule has 1 aliphatic heterocycles. The number of hydrogen-bond acceptors (Lipinski definition) is 4. The SMILES string of the molecule is CCC1COCCN1c1cc(N)cc(Cl)n1. The number of hydrogen-bond donors (Lipinski definition) is 1. The van der Waals surface area contributed by atoms with Crippen molar-refractivity contribution in [2.75, 3.05) is 30.4 Å². The Bertz CT molecular complexity index is 352. The number of aromatic nitrogens is 1. The van der Waals surface area contributed by atoms with Crippen molar-refractivity contribution in [3.63, 3.8) is 0 Å². The average molecular weight is 242 g/mol. The quantitative estimate of drug-likeness (QED) is 0.804. The van der Waals surface area contributed by atoms with E-state index in [0.29, 0.717) is 16.9 Å². The molecule has 2 N–H and O–H groups in total. The highest BCUT2D eigenvalue weighted by Gasteiger charge is 2.22. The third-order valence-corrected chi connectivity index (χ3v) is 2.99. The van der Waals surface area contributed by atoms with E-state index in [1.54, 1.807) is 6.07 Å². The molecule has 1 fully saturated rings. The molecule has 1 aromatic rings. The molecular weight excluding hydrogens is 226 g/mol. The number of nitrogens with zero attached hydrogens (tertiary/aromatic N) is 2. The molecule has 88 valence electrons. The highest BCUT2D eigenvalue weighted by Crippen LogP contribution is 2.23. The Balaban J connectivity index is 2.26. The lowest BCUT2D eigenvalue weighted by Gasteiger charge is -2.36. The summed E-state index contributed by atoms with van der Waals surface area (Å²) in [4.78, 5) is 6.53. The molecule has 1 saturated heterocycles. The lowest BCUT2D eigenvalue weighted by atomic mass is 10.1. The van der Waals surface area contributed by atoms with Crippen LogP contribution in [0, 0.1) is 0 Å². The topological polar surface area (TPSA) is 51.4 Å². The van der Waals surface area contributed by atoms with E-state index in [0.717, 1.165) is 32.0 Å². The average Bonchev–Trinajstić information content (AvgIpc) is 2.27. The Morgan fingerprint density at radius 3 is 3.12 bits per heavy atom. The fourth-order valence-electron chi connectivity index (χ4n) is 1.94. The molecule has 2 heterocycles. The van der Waals surface area contributed by atoms with Gasteiger partial charge in [-0.25, -0.2) is 4.98 Å². The van der Waals surface area contributed by atoms with Gasteiger partial charge in [0.05, 0.1) is 19.3 Å². The monoisotopic (exact) mass is 241 g/mol. The second-order valence-electron chi connectivity index (χ2n) is 3.91. The van der Waals surface area contributed by atoms with E-state index in [1.165, 1.54) is 0 Å². The number of nitrogens with two attached hydrogens (primary N) is 1. The van der Waals surface area contributed by atoms with Crippen LogP contribution in [0.15, 0.2) is 12.1 Å². The van der Waals surface area contributed by atoms with Crippen molar-refractivity contribution in [1.29, 1.82) is 0 Å². The molecule has 1 unspecified atom stereocenters. The third kappa shape index (κ3) is 2.39. The lowest BCUT2D eigenvalue weighted by molar-refractivity contribution is 0.0926. The van der Waals surface area contributed by atoms with Crippen LogP contribution in [0.1, 0.15) is 13.3 Å². The Morgan fingerprint density at radius 1 is 1.62 bits per heavy atom. The third-order valence-electron chi connectivity index (χ3n) is 2.80. The van der Waals surface area contributed by atoms with Crippen LogP contribution in [0.3, 0.4) is 0 Å². The van der Waals surface area contributed by atoms with Crippen molar-refractivity contribution >= 4 is 23.1 Å². The minimum atomic E-state index is 0.360. The second kappa shape index (κ2) is 4.89. The molecule has 1 atom stereocenters. The van der Waals surface area contributed by atoms with Crippen LogP contribution < -0.4 is 10.6 Å². The summed E-state index contributed by atoms with van der Waals surface area (Å²) in [6.07, 6.45) is 1.02. The summed E-state index contributed by atoms with van der Waals surface area (Å²) in [6, 6.07) is 3.88. The summed E-state index contributed by atoms with van der Waals surface area (Å²) in [5.41, 5.74) is 6.42. The maximum absolute atomic E-state index is 5.91. The minimum Gasteiger partial charge on any atom is -0.399 e. The summed E-state index contributed by atoms with van der Waals surface area (Å²) in [5.74, 6) is 0.847. The predicted molar refractivity (Wildman–Crippen MR) is 65.9 cm³/mol. The number of pyridine rings is 1. The van der Waals surface area contributed by atoms with E-state index in [1.807, 2.05) is 6.07 Å². The number of rotatable bonds is 2. The van der Waals surface area contributed by atoms with Crippen LogP contribution in [0.5, 0.6) is 0 Å². The molecule has 5 heteroatoms.